The van der Waals surface area contributed by atoms with E-state index in [1.165, 1.54) is 24.8 Å². The lowest BCUT2D eigenvalue weighted by Crippen LogP contribution is -2.24. The van der Waals surface area contributed by atoms with Crippen LogP contribution < -0.4 is 0 Å². The third-order valence-electron chi connectivity index (χ3n) is 2.80. The highest BCUT2D eigenvalue weighted by molar-refractivity contribution is 9.10. The number of benzene rings is 1. The van der Waals surface area contributed by atoms with Gasteiger partial charge < -0.3 is 4.74 Å². The zero-order valence-electron chi connectivity index (χ0n) is 8.46. The van der Waals surface area contributed by atoms with Crippen LogP contribution in [0.1, 0.15) is 30.9 Å². The molecule has 0 saturated heterocycles. The second-order valence-corrected chi connectivity index (χ2v) is 5.36. The van der Waals surface area contributed by atoms with Crippen molar-refractivity contribution in [3.63, 3.8) is 0 Å². The van der Waals surface area contributed by atoms with Gasteiger partial charge in [-0.2, -0.15) is 0 Å². The number of alkyl halides is 1. The van der Waals surface area contributed by atoms with E-state index in [9.17, 15) is 0 Å². The molecule has 1 nitrogen and oxygen atoms in total. The minimum Gasteiger partial charge on any atom is -0.369 e. The van der Waals surface area contributed by atoms with Crippen LogP contribution in [0.25, 0.3) is 0 Å². The fourth-order valence-corrected chi connectivity index (χ4v) is 2.71. The molecule has 0 aromatic heterocycles. The van der Waals surface area contributed by atoms with Crippen molar-refractivity contribution in [2.24, 2.45) is 0 Å². The highest BCUT2D eigenvalue weighted by Gasteiger charge is 2.23. The van der Waals surface area contributed by atoms with E-state index in [1.54, 1.807) is 0 Å². The molecule has 1 saturated carbocycles. The van der Waals surface area contributed by atoms with E-state index in [-0.39, 0.29) is 6.10 Å². The van der Waals surface area contributed by atoms with Gasteiger partial charge in [-0.1, -0.05) is 50.1 Å². The Labute approximate surface area is 107 Å². The number of rotatable bonds is 4. The maximum Gasteiger partial charge on any atom is 0.0936 e. The Morgan fingerprint density at radius 1 is 1.33 bits per heavy atom. The largest absolute Gasteiger partial charge is 0.369 e. The van der Waals surface area contributed by atoms with E-state index in [0.29, 0.717) is 6.10 Å². The van der Waals surface area contributed by atoms with Crippen molar-refractivity contribution < 1.29 is 4.74 Å². The van der Waals surface area contributed by atoms with Crippen molar-refractivity contribution in [2.75, 3.05) is 5.33 Å². The lowest BCUT2D eigenvalue weighted by atomic mass is 9.96. The summed E-state index contributed by atoms with van der Waals surface area (Å²) in [5, 5.41) is 0.853. The highest BCUT2D eigenvalue weighted by atomic mass is 79.9. The first-order valence-corrected chi connectivity index (χ1v) is 7.18. The first-order valence-electron chi connectivity index (χ1n) is 5.27. The Kier molecular flexibility index (Phi) is 4.23. The summed E-state index contributed by atoms with van der Waals surface area (Å²) in [5.41, 5.74) is 1.24. The molecule has 0 bridgehead atoms. The molecule has 1 aromatic rings. The molecule has 2 rings (SSSR count). The average molecular weight is 334 g/mol. The Morgan fingerprint density at radius 2 is 2.07 bits per heavy atom. The Bertz CT molecular complexity index is 323. The van der Waals surface area contributed by atoms with E-state index in [2.05, 4.69) is 50.1 Å². The average Bonchev–Trinajstić information content (AvgIpc) is 2.19. The van der Waals surface area contributed by atoms with Gasteiger partial charge in [0.2, 0.25) is 0 Å². The summed E-state index contributed by atoms with van der Waals surface area (Å²) in [4.78, 5) is 0. The summed E-state index contributed by atoms with van der Waals surface area (Å²) >= 11 is 7.09. The number of halogens is 2. The molecular weight excluding hydrogens is 320 g/mol. The van der Waals surface area contributed by atoms with Gasteiger partial charge in [0.05, 0.1) is 12.2 Å². The molecule has 0 amide bonds. The molecule has 82 valence electrons. The second kappa shape index (κ2) is 5.46. The van der Waals surface area contributed by atoms with Crippen molar-refractivity contribution >= 4 is 31.9 Å². The minimum atomic E-state index is 0.172. The summed E-state index contributed by atoms with van der Waals surface area (Å²) in [6.07, 6.45) is 4.39. The van der Waals surface area contributed by atoms with E-state index in [1.807, 2.05) is 6.07 Å². The molecule has 0 spiro atoms. The molecule has 1 atom stereocenters. The van der Waals surface area contributed by atoms with E-state index in [0.717, 1.165) is 9.80 Å². The lowest BCUT2D eigenvalue weighted by molar-refractivity contribution is -0.0421. The van der Waals surface area contributed by atoms with Gasteiger partial charge in [0.1, 0.15) is 0 Å². The van der Waals surface area contributed by atoms with Gasteiger partial charge in [-0.05, 0) is 30.9 Å². The highest BCUT2D eigenvalue weighted by Crippen LogP contribution is 2.33. The number of hydrogen-bond donors (Lipinski definition) is 0. The van der Waals surface area contributed by atoms with Crippen LogP contribution in [0.15, 0.2) is 28.7 Å². The standard InChI is InChI=1S/C12H14Br2O/c13-8-12(15-9-4-3-5-9)10-6-1-2-7-11(10)14/h1-2,6-7,9,12H,3-5,8H2. The van der Waals surface area contributed by atoms with Crippen molar-refractivity contribution in [2.45, 2.75) is 31.5 Å². The molecule has 1 aliphatic carbocycles. The van der Waals surface area contributed by atoms with E-state index in [4.69, 9.17) is 4.74 Å². The first kappa shape index (κ1) is 11.6. The van der Waals surface area contributed by atoms with Crippen molar-refractivity contribution in [3.8, 4) is 0 Å². The van der Waals surface area contributed by atoms with Gasteiger partial charge in [0, 0.05) is 9.80 Å². The number of ether oxygens (including phenoxy) is 1. The topological polar surface area (TPSA) is 9.23 Å². The van der Waals surface area contributed by atoms with E-state index >= 15 is 0 Å². The summed E-state index contributed by atoms with van der Waals surface area (Å²) in [6, 6.07) is 8.27. The second-order valence-electron chi connectivity index (χ2n) is 3.85. The quantitative estimate of drug-likeness (QED) is 0.739. The predicted octanol–water partition coefficient (Wildman–Crippen LogP) is 4.45. The molecule has 0 aliphatic heterocycles. The predicted molar refractivity (Wildman–Crippen MR) is 69.4 cm³/mol. The van der Waals surface area contributed by atoms with Crippen molar-refractivity contribution in [3.05, 3.63) is 34.3 Å². The van der Waals surface area contributed by atoms with Gasteiger partial charge in [0.25, 0.3) is 0 Å². The molecule has 1 unspecified atom stereocenters. The summed E-state index contributed by atoms with van der Waals surface area (Å²) in [5.74, 6) is 0. The molecule has 0 N–H and O–H groups in total. The van der Waals surface area contributed by atoms with Crippen LogP contribution in [-0.4, -0.2) is 11.4 Å². The van der Waals surface area contributed by atoms with Crippen LogP contribution in [0.4, 0.5) is 0 Å². The van der Waals surface area contributed by atoms with Crippen LogP contribution in [0, 0.1) is 0 Å². The Morgan fingerprint density at radius 3 is 2.60 bits per heavy atom. The smallest absolute Gasteiger partial charge is 0.0936 e. The Balaban J connectivity index is 2.07. The van der Waals surface area contributed by atoms with Crippen LogP contribution in [0.2, 0.25) is 0 Å². The van der Waals surface area contributed by atoms with Gasteiger partial charge >= 0.3 is 0 Å². The molecule has 3 heteroatoms. The van der Waals surface area contributed by atoms with E-state index < -0.39 is 0 Å². The zero-order chi connectivity index (χ0) is 10.7. The van der Waals surface area contributed by atoms with Gasteiger partial charge in [-0.3, -0.25) is 0 Å². The maximum atomic E-state index is 6.03. The Hall–Kier alpha value is 0.140. The van der Waals surface area contributed by atoms with Crippen LogP contribution in [-0.2, 0) is 4.74 Å². The van der Waals surface area contributed by atoms with Crippen molar-refractivity contribution in [1.82, 2.24) is 0 Å². The minimum absolute atomic E-state index is 0.172. The summed E-state index contributed by atoms with van der Waals surface area (Å²) in [6.45, 7) is 0. The van der Waals surface area contributed by atoms with Gasteiger partial charge in [-0.15, -0.1) is 0 Å². The van der Waals surface area contributed by atoms with Crippen LogP contribution >= 0.6 is 31.9 Å². The molecule has 1 aliphatic rings. The molecule has 15 heavy (non-hydrogen) atoms. The van der Waals surface area contributed by atoms with Crippen LogP contribution in [0.5, 0.6) is 0 Å². The van der Waals surface area contributed by atoms with Gasteiger partial charge in [0.15, 0.2) is 0 Å². The molecule has 1 aromatic carbocycles. The number of hydrogen-bond acceptors (Lipinski definition) is 1. The normalized spacial score (nSPS) is 18.5. The summed E-state index contributed by atoms with van der Waals surface area (Å²) < 4.78 is 7.16. The molecule has 0 heterocycles. The maximum absolute atomic E-state index is 6.03. The monoisotopic (exact) mass is 332 g/mol. The molecule has 1 fully saturated rings. The fraction of sp³-hybridized carbons (Fsp3) is 0.500. The SMILES string of the molecule is BrCC(OC1CCC1)c1ccccc1Br. The fourth-order valence-electron chi connectivity index (χ4n) is 1.67. The third kappa shape index (κ3) is 2.83. The lowest BCUT2D eigenvalue weighted by Gasteiger charge is -2.30. The molecular formula is C12H14Br2O. The third-order valence-corrected chi connectivity index (χ3v) is 4.11. The van der Waals surface area contributed by atoms with Crippen LogP contribution in [0.3, 0.4) is 0 Å². The van der Waals surface area contributed by atoms with Crippen molar-refractivity contribution in [1.29, 1.82) is 0 Å². The summed E-state index contributed by atoms with van der Waals surface area (Å²) in [7, 11) is 0. The van der Waals surface area contributed by atoms with Gasteiger partial charge in [-0.25, -0.2) is 0 Å². The zero-order valence-corrected chi connectivity index (χ0v) is 11.6. The molecule has 0 radical (unpaired) electrons. The first-order chi connectivity index (χ1) is 7.31.